The van der Waals surface area contributed by atoms with Gasteiger partial charge in [0.05, 0.1) is 11.6 Å². The number of aromatic nitrogens is 4. The molecule has 0 aliphatic carbocycles. The number of guanidine groups is 1. The molecule has 1 fully saturated rings. The van der Waals surface area contributed by atoms with E-state index in [9.17, 15) is 0 Å². The highest BCUT2D eigenvalue weighted by Gasteiger charge is 2.24. The van der Waals surface area contributed by atoms with Crippen LogP contribution in [0.4, 0.5) is 5.82 Å². The summed E-state index contributed by atoms with van der Waals surface area (Å²) >= 11 is 2.07. The summed E-state index contributed by atoms with van der Waals surface area (Å²) in [7, 11) is 3.73. The van der Waals surface area contributed by atoms with Gasteiger partial charge in [-0.1, -0.05) is 13.8 Å². The number of anilines is 1. The van der Waals surface area contributed by atoms with Crippen molar-refractivity contribution in [3.05, 3.63) is 12.5 Å². The average molecular weight is 377 g/mol. The number of nitrogens with zero attached hydrogens (tertiary/aromatic N) is 6. The first-order chi connectivity index (χ1) is 12.6. The fourth-order valence-electron chi connectivity index (χ4n) is 3.06. The lowest BCUT2D eigenvalue weighted by Gasteiger charge is -2.36. The predicted molar refractivity (Wildman–Crippen MR) is 109 cm³/mol. The second kappa shape index (κ2) is 8.57. The van der Waals surface area contributed by atoms with Crippen molar-refractivity contribution < 1.29 is 0 Å². The molecule has 8 nitrogen and oxygen atoms in total. The molecule has 2 N–H and O–H groups in total. The van der Waals surface area contributed by atoms with E-state index in [1.807, 2.05) is 14.1 Å². The largest absolute Gasteiger partial charge is 0.368 e. The second-order valence-corrected chi connectivity index (χ2v) is 8.07. The number of hydrogen-bond donors (Lipinski definition) is 2. The van der Waals surface area contributed by atoms with Crippen molar-refractivity contribution in [2.75, 3.05) is 44.3 Å². The van der Waals surface area contributed by atoms with Gasteiger partial charge in [-0.25, -0.2) is 9.97 Å². The van der Waals surface area contributed by atoms with Gasteiger partial charge in [0, 0.05) is 51.3 Å². The van der Waals surface area contributed by atoms with Gasteiger partial charge in [-0.2, -0.15) is 16.9 Å². The minimum absolute atomic E-state index is 0.667. The molecule has 3 heterocycles. The zero-order chi connectivity index (χ0) is 18.5. The average Bonchev–Trinajstić information content (AvgIpc) is 3.04. The molecule has 1 atom stereocenters. The van der Waals surface area contributed by atoms with Crippen molar-refractivity contribution >= 4 is 34.6 Å². The van der Waals surface area contributed by atoms with Crippen LogP contribution in [-0.4, -0.2) is 74.8 Å². The monoisotopic (exact) mass is 376 g/mol. The van der Waals surface area contributed by atoms with Gasteiger partial charge in [0.15, 0.2) is 11.6 Å². The smallest absolute Gasteiger partial charge is 0.193 e. The van der Waals surface area contributed by atoms with Crippen LogP contribution in [0.5, 0.6) is 0 Å². The minimum atomic E-state index is 0.667. The molecule has 1 aliphatic heterocycles. The molecule has 1 saturated heterocycles. The van der Waals surface area contributed by atoms with Gasteiger partial charge in [-0.15, -0.1) is 0 Å². The third kappa shape index (κ3) is 4.20. The van der Waals surface area contributed by atoms with Crippen LogP contribution in [0.1, 0.15) is 13.8 Å². The van der Waals surface area contributed by atoms with E-state index in [0.29, 0.717) is 11.2 Å². The van der Waals surface area contributed by atoms with Gasteiger partial charge in [-0.3, -0.25) is 9.67 Å². The molecule has 0 aromatic carbocycles. The van der Waals surface area contributed by atoms with Gasteiger partial charge >= 0.3 is 0 Å². The van der Waals surface area contributed by atoms with Crippen molar-refractivity contribution in [3.63, 3.8) is 0 Å². The van der Waals surface area contributed by atoms with Gasteiger partial charge in [0.25, 0.3) is 0 Å². The standard InChI is InChI=1S/C17H28N8S/c1-12(2)14-10-25(7-8-26-14)17(18-3)20-6-5-19-15-13-9-23-24(4)16(13)22-11-21-15/h9,11-12,14H,5-8,10H2,1-4H3,(H,18,20)(H,19,21,22). The Balaban J connectivity index is 1.52. The van der Waals surface area contributed by atoms with Crippen LogP contribution in [0.25, 0.3) is 11.0 Å². The van der Waals surface area contributed by atoms with E-state index in [4.69, 9.17) is 0 Å². The first kappa shape index (κ1) is 18.8. The third-order valence-electron chi connectivity index (χ3n) is 4.58. The quantitative estimate of drug-likeness (QED) is 0.464. The molecular weight excluding hydrogens is 348 g/mol. The Hall–Kier alpha value is -2.03. The molecule has 0 saturated carbocycles. The molecule has 0 amide bonds. The fraction of sp³-hybridized carbons (Fsp3) is 0.647. The Kier molecular flexibility index (Phi) is 6.18. The highest BCUT2D eigenvalue weighted by molar-refractivity contribution is 8.00. The lowest BCUT2D eigenvalue weighted by Crippen LogP contribution is -2.49. The van der Waals surface area contributed by atoms with Crippen LogP contribution in [-0.2, 0) is 7.05 Å². The molecule has 9 heteroatoms. The molecule has 1 unspecified atom stereocenters. The van der Waals surface area contributed by atoms with Crippen LogP contribution in [0.15, 0.2) is 17.5 Å². The van der Waals surface area contributed by atoms with E-state index in [1.165, 1.54) is 0 Å². The Morgan fingerprint density at radius 1 is 1.38 bits per heavy atom. The molecule has 0 radical (unpaired) electrons. The summed E-state index contributed by atoms with van der Waals surface area (Å²) < 4.78 is 1.75. The summed E-state index contributed by atoms with van der Waals surface area (Å²) in [5.74, 6) is 3.63. The van der Waals surface area contributed by atoms with E-state index in [1.54, 1.807) is 17.2 Å². The summed E-state index contributed by atoms with van der Waals surface area (Å²) in [4.78, 5) is 15.4. The first-order valence-corrected chi connectivity index (χ1v) is 10.1. The van der Waals surface area contributed by atoms with Crippen molar-refractivity contribution in [2.24, 2.45) is 18.0 Å². The molecule has 2 aromatic heterocycles. The van der Waals surface area contributed by atoms with E-state index in [2.05, 4.69) is 61.2 Å². The third-order valence-corrected chi connectivity index (χ3v) is 6.12. The molecule has 142 valence electrons. The Bertz CT molecular complexity index is 756. The van der Waals surface area contributed by atoms with Crippen LogP contribution in [0.3, 0.4) is 0 Å². The molecular formula is C17H28N8S. The van der Waals surface area contributed by atoms with Crippen LogP contribution < -0.4 is 10.6 Å². The number of hydrogen-bond acceptors (Lipinski definition) is 6. The summed E-state index contributed by atoms with van der Waals surface area (Å²) in [5.41, 5.74) is 0.830. The number of nitrogens with one attached hydrogen (secondary N) is 2. The van der Waals surface area contributed by atoms with Crippen molar-refractivity contribution in [3.8, 4) is 0 Å². The van der Waals surface area contributed by atoms with Crippen molar-refractivity contribution in [1.82, 2.24) is 30.0 Å². The molecule has 0 spiro atoms. The number of aryl methyl sites for hydroxylation is 1. The maximum Gasteiger partial charge on any atom is 0.193 e. The normalized spacial score (nSPS) is 18.6. The number of aliphatic imine (C=N–C) groups is 1. The van der Waals surface area contributed by atoms with Crippen molar-refractivity contribution in [2.45, 2.75) is 19.1 Å². The highest BCUT2D eigenvalue weighted by atomic mass is 32.2. The number of thioether (sulfide) groups is 1. The maximum absolute atomic E-state index is 4.46. The first-order valence-electron chi connectivity index (χ1n) is 9.04. The molecule has 1 aliphatic rings. The molecule has 0 bridgehead atoms. The predicted octanol–water partition coefficient (Wildman–Crippen LogP) is 1.42. The van der Waals surface area contributed by atoms with Crippen LogP contribution >= 0.6 is 11.8 Å². The van der Waals surface area contributed by atoms with Crippen LogP contribution in [0, 0.1) is 5.92 Å². The SMILES string of the molecule is CN=C(NCCNc1ncnc2c1cnn2C)N1CCSC(C(C)C)C1. The van der Waals surface area contributed by atoms with Gasteiger partial charge in [0.2, 0.25) is 0 Å². The molecule has 2 aromatic rings. The number of rotatable bonds is 5. The summed E-state index contributed by atoms with van der Waals surface area (Å²) in [6, 6.07) is 0. The zero-order valence-corrected chi connectivity index (χ0v) is 16.8. The Morgan fingerprint density at radius 3 is 3.00 bits per heavy atom. The van der Waals surface area contributed by atoms with E-state index in [-0.39, 0.29) is 0 Å². The molecule has 26 heavy (non-hydrogen) atoms. The minimum Gasteiger partial charge on any atom is -0.368 e. The Morgan fingerprint density at radius 2 is 2.23 bits per heavy atom. The highest BCUT2D eigenvalue weighted by Crippen LogP contribution is 2.24. The maximum atomic E-state index is 4.46. The van der Waals surface area contributed by atoms with E-state index < -0.39 is 0 Å². The van der Waals surface area contributed by atoms with E-state index >= 15 is 0 Å². The van der Waals surface area contributed by atoms with Gasteiger partial charge < -0.3 is 15.5 Å². The summed E-state index contributed by atoms with van der Waals surface area (Å²) in [6.45, 7) is 8.20. The van der Waals surface area contributed by atoms with Crippen LogP contribution in [0.2, 0.25) is 0 Å². The van der Waals surface area contributed by atoms with E-state index in [0.717, 1.165) is 54.7 Å². The van der Waals surface area contributed by atoms with Crippen molar-refractivity contribution in [1.29, 1.82) is 0 Å². The zero-order valence-electron chi connectivity index (χ0n) is 15.9. The lowest BCUT2D eigenvalue weighted by atomic mass is 10.1. The Labute approximate surface area is 158 Å². The lowest BCUT2D eigenvalue weighted by molar-refractivity contribution is 0.381. The van der Waals surface area contributed by atoms with Gasteiger partial charge in [-0.05, 0) is 5.92 Å². The van der Waals surface area contributed by atoms with Gasteiger partial charge in [0.1, 0.15) is 12.1 Å². The summed E-state index contributed by atoms with van der Waals surface area (Å²) in [6.07, 6.45) is 3.36. The number of fused-ring (bicyclic) bond motifs is 1. The summed E-state index contributed by atoms with van der Waals surface area (Å²) in [5, 5.41) is 12.7. The molecule has 3 rings (SSSR count). The second-order valence-electron chi connectivity index (χ2n) is 6.73. The fourth-order valence-corrected chi connectivity index (χ4v) is 4.36. The topological polar surface area (TPSA) is 83.3 Å².